The van der Waals surface area contributed by atoms with E-state index in [-0.39, 0.29) is 6.03 Å². The van der Waals surface area contributed by atoms with Crippen LogP contribution in [0.25, 0.3) is 0 Å². The van der Waals surface area contributed by atoms with E-state index in [2.05, 4.69) is 10.3 Å². The highest BCUT2D eigenvalue weighted by molar-refractivity contribution is 7.15. The van der Waals surface area contributed by atoms with Gasteiger partial charge in [0, 0.05) is 17.6 Å². The number of nitrogens with zero attached hydrogens (tertiary/aromatic N) is 2. The van der Waals surface area contributed by atoms with Crippen LogP contribution in [0.4, 0.5) is 9.93 Å². The zero-order valence-corrected chi connectivity index (χ0v) is 10.2. The zero-order valence-electron chi connectivity index (χ0n) is 9.34. The maximum Gasteiger partial charge on any atom is 0.326 e. The Balaban J connectivity index is 2.02. The van der Waals surface area contributed by atoms with Crippen molar-refractivity contribution in [3.05, 3.63) is 11.1 Å². The van der Waals surface area contributed by atoms with Gasteiger partial charge in [0.15, 0.2) is 5.13 Å². The molecule has 2 amide bonds. The predicted octanol–water partition coefficient (Wildman–Crippen LogP) is 1.53. The minimum absolute atomic E-state index is 0.385. The van der Waals surface area contributed by atoms with Gasteiger partial charge in [-0.2, -0.15) is 0 Å². The summed E-state index contributed by atoms with van der Waals surface area (Å²) < 4.78 is 0. The van der Waals surface area contributed by atoms with E-state index < -0.39 is 12.0 Å². The van der Waals surface area contributed by atoms with Gasteiger partial charge in [0.2, 0.25) is 0 Å². The van der Waals surface area contributed by atoms with Crippen molar-refractivity contribution >= 4 is 28.5 Å². The highest BCUT2D eigenvalue weighted by Crippen LogP contribution is 2.21. The summed E-state index contributed by atoms with van der Waals surface area (Å²) in [4.78, 5) is 29.1. The molecule has 2 N–H and O–H groups in total. The van der Waals surface area contributed by atoms with Crippen LogP contribution in [0.3, 0.4) is 0 Å². The molecular formula is C10H13N3O3S. The molecule has 1 saturated heterocycles. The standard InChI is InChI=1S/C10H13N3O3S/c1-6-5-11-9(17-6)12-10(16)13-4-2-3-7(13)8(14)15/h5,7H,2-4H2,1H3,(H,14,15)(H,11,12,16). The molecule has 1 aliphatic heterocycles. The van der Waals surface area contributed by atoms with Crippen LogP contribution in [0.2, 0.25) is 0 Å². The smallest absolute Gasteiger partial charge is 0.326 e. The summed E-state index contributed by atoms with van der Waals surface area (Å²) in [5.74, 6) is -0.951. The van der Waals surface area contributed by atoms with E-state index in [9.17, 15) is 9.59 Å². The van der Waals surface area contributed by atoms with Crippen molar-refractivity contribution in [3.63, 3.8) is 0 Å². The van der Waals surface area contributed by atoms with E-state index in [1.165, 1.54) is 16.2 Å². The maximum atomic E-state index is 11.9. The highest BCUT2D eigenvalue weighted by atomic mass is 32.1. The lowest BCUT2D eigenvalue weighted by Crippen LogP contribution is -2.42. The molecule has 0 aliphatic carbocycles. The van der Waals surface area contributed by atoms with Crippen molar-refractivity contribution < 1.29 is 14.7 Å². The third-order valence-corrected chi connectivity index (χ3v) is 3.46. The van der Waals surface area contributed by atoms with Gasteiger partial charge in [0.25, 0.3) is 0 Å². The number of aromatic nitrogens is 1. The molecule has 6 nitrogen and oxygen atoms in total. The second-order valence-corrected chi connectivity index (χ2v) is 5.13. The normalized spacial score (nSPS) is 19.4. The van der Waals surface area contributed by atoms with Crippen LogP contribution >= 0.6 is 11.3 Å². The molecule has 2 rings (SSSR count). The molecule has 1 fully saturated rings. The number of nitrogens with one attached hydrogen (secondary N) is 1. The fraction of sp³-hybridized carbons (Fsp3) is 0.500. The van der Waals surface area contributed by atoms with Crippen molar-refractivity contribution in [1.29, 1.82) is 0 Å². The Morgan fingerprint density at radius 2 is 2.41 bits per heavy atom. The fourth-order valence-corrected chi connectivity index (χ4v) is 2.50. The molecular weight excluding hydrogens is 242 g/mol. The van der Waals surface area contributed by atoms with Gasteiger partial charge in [-0.3, -0.25) is 5.32 Å². The predicted molar refractivity (Wildman–Crippen MR) is 63.2 cm³/mol. The molecule has 0 spiro atoms. The Morgan fingerprint density at radius 1 is 1.65 bits per heavy atom. The molecule has 7 heteroatoms. The highest BCUT2D eigenvalue weighted by Gasteiger charge is 2.34. The third kappa shape index (κ3) is 2.55. The SMILES string of the molecule is Cc1cnc(NC(=O)N2CCCC2C(=O)O)s1. The van der Waals surface area contributed by atoms with Gasteiger partial charge in [0.1, 0.15) is 6.04 Å². The van der Waals surface area contributed by atoms with Gasteiger partial charge < -0.3 is 10.0 Å². The summed E-state index contributed by atoms with van der Waals surface area (Å²) in [5, 5.41) is 12.1. The van der Waals surface area contributed by atoms with Crippen molar-refractivity contribution in [2.45, 2.75) is 25.8 Å². The number of anilines is 1. The number of carbonyl (C=O) groups is 2. The topological polar surface area (TPSA) is 82.5 Å². The Hall–Kier alpha value is -1.63. The van der Waals surface area contributed by atoms with Crippen molar-refractivity contribution in [1.82, 2.24) is 9.88 Å². The Labute approximate surface area is 102 Å². The van der Waals surface area contributed by atoms with Crippen LogP contribution in [-0.2, 0) is 4.79 Å². The first kappa shape index (κ1) is 11.8. The van der Waals surface area contributed by atoms with E-state index in [1.54, 1.807) is 6.20 Å². The van der Waals surface area contributed by atoms with Crippen LogP contribution in [0.1, 0.15) is 17.7 Å². The number of carboxylic acid groups (broad SMARTS) is 1. The quantitative estimate of drug-likeness (QED) is 0.839. The van der Waals surface area contributed by atoms with Gasteiger partial charge in [-0.25, -0.2) is 14.6 Å². The van der Waals surface area contributed by atoms with Crippen LogP contribution in [0.5, 0.6) is 0 Å². The number of carbonyl (C=O) groups excluding carboxylic acids is 1. The summed E-state index contributed by atoms with van der Waals surface area (Å²) in [6.07, 6.45) is 2.90. The molecule has 17 heavy (non-hydrogen) atoms. The number of carboxylic acids is 1. The van der Waals surface area contributed by atoms with E-state index in [1.807, 2.05) is 6.92 Å². The second-order valence-electron chi connectivity index (χ2n) is 3.90. The van der Waals surface area contributed by atoms with Crippen molar-refractivity contribution in [2.24, 2.45) is 0 Å². The summed E-state index contributed by atoms with van der Waals surface area (Å²) in [6, 6.07) is -1.10. The van der Waals surface area contributed by atoms with Gasteiger partial charge in [-0.05, 0) is 19.8 Å². The lowest BCUT2D eigenvalue weighted by atomic mass is 10.2. The molecule has 1 unspecified atom stereocenters. The summed E-state index contributed by atoms with van der Waals surface area (Å²) in [7, 11) is 0. The number of hydrogen-bond acceptors (Lipinski definition) is 4. The Bertz CT molecular complexity index is 446. The first-order valence-electron chi connectivity index (χ1n) is 5.31. The third-order valence-electron chi connectivity index (χ3n) is 2.63. The first-order chi connectivity index (χ1) is 8.08. The number of amides is 2. The van der Waals surface area contributed by atoms with Crippen LogP contribution in [0.15, 0.2) is 6.20 Å². The Kier molecular flexibility index (Phi) is 3.28. The largest absolute Gasteiger partial charge is 0.480 e. The molecule has 2 heterocycles. The number of urea groups is 1. The Morgan fingerprint density at radius 3 is 3.00 bits per heavy atom. The maximum absolute atomic E-state index is 11.9. The van der Waals surface area contributed by atoms with Gasteiger partial charge in [-0.1, -0.05) is 0 Å². The van der Waals surface area contributed by atoms with Gasteiger partial charge in [0.05, 0.1) is 0 Å². The second kappa shape index (κ2) is 4.70. The lowest BCUT2D eigenvalue weighted by Gasteiger charge is -2.20. The summed E-state index contributed by atoms with van der Waals surface area (Å²) in [6.45, 7) is 2.37. The number of hydrogen-bond donors (Lipinski definition) is 2. The van der Waals surface area contributed by atoms with Crippen LogP contribution in [-0.4, -0.2) is 39.6 Å². The number of thiazole rings is 1. The van der Waals surface area contributed by atoms with Crippen LogP contribution < -0.4 is 5.32 Å². The average Bonchev–Trinajstić information content (AvgIpc) is 2.86. The zero-order chi connectivity index (χ0) is 12.4. The number of likely N-dealkylation sites (tertiary alicyclic amines) is 1. The lowest BCUT2D eigenvalue weighted by molar-refractivity contribution is -0.141. The molecule has 1 atom stereocenters. The number of aryl methyl sites for hydroxylation is 1. The molecule has 0 aromatic carbocycles. The molecule has 92 valence electrons. The average molecular weight is 255 g/mol. The summed E-state index contributed by atoms with van der Waals surface area (Å²) >= 11 is 1.37. The molecule has 1 aromatic heterocycles. The molecule has 0 saturated carbocycles. The van der Waals surface area contributed by atoms with E-state index in [0.717, 1.165) is 11.3 Å². The molecule has 0 bridgehead atoms. The fourth-order valence-electron chi connectivity index (χ4n) is 1.84. The van der Waals surface area contributed by atoms with E-state index in [0.29, 0.717) is 18.1 Å². The number of rotatable bonds is 2. The minimum Gasteiger partial charge on any atom is -0.480 e. The summed E-state index contributed by atoms with van der Waals surface area (Å²) in [5.41, 5.74) is 0. The van der Waals surface area contributed by atoms with Crippen LogP contribution in [0, 0.1) is 6.92 Å². The molecule has 1 aliphatic rings. The molecule has 1 aromatic rings. The van der Waals surface area contributed by atoms with Crippen molar-refractivity contribution in [3.8, 4) is 0 Å². The van der Waals surface area contributed by atoms with Crippen molar-refractivity contribution in [2.75, 3.05) is 11.9 Å². The van der Waals surface area contributed by atoms with Gasteiger partial charge >= 0.3 is 12.0 Å². The minimum atomic E-state index is -0.951. The van der Waals surface area contributed by atoms with Gasteiger partial charge in [-0.15, -0.1) is 11.3 Å². The monoisotopic (exact) mass is 255 g/mol. The van der Waals surface area contributed by atoms with E-state index >= 15 is 0 Å². The first-order valence-corrected chi connectivity index (χ1v) is 6.12. The van der Waals surface area contributed by atoms with E-state index in [4.69, 9.17) is 5.11 Å². The number of aliphatic carboxylic acids is 1. The molecule has 0 radical (unpaired) electrons.